The van der Waals surface area contributed by atoms with E-state index in [1.54, 1.807) is 45.0 Å². The van der Waals surface area contributed by atoms with Crippen molar-refractivity contribution in [2.24, 2.45) is 5.73 Å². The van der Waals surface area contributed by atoms with Gasteiger partial charge in [-0.3, -0.25) is 19.3 Å². The Morgan fingerprint density at radius 3 is 2.24 bits per heavy atom. The fourth-order valence-electron chi connectivity index (χ4n) is 3.69. The first kappa shape index (κ1) is 29.9. The lowest BCUT2D eigenvalue weighted by atomic mass is 9.98. The first-order valence-electron chi connectivity index (χ1n) is 12.2. The number of nitrogens with zero attached hydrogens (tertiary/aromatic N) is 1. The number of nitrogens with two attached hydrogens (primary N) is 1. The standard InChI is InChI=1S/C29H36N4O5/c1-8-33(27(36)23(15-16-24(30)34)32-28(37)38-29(5,6)7)25(21-14-13-18(2)20(4)17-21)26(35)31-22-12-10-9-11-19(22)3/h1,9-14,17,23,25H,15-16H2,2-7H3,(H2,30,34)(H,31,35)(H,32,37). The molecule has 9 heteroatoms. The molecular weight excluding hydrogens is 484 g/mol. The molecule has 4 N–H and O–H groups in total. The molecule has 0 aliphatic rings. The maximum Gasteiger partial charge on any atom is 0.408 e. The minimum atomic E-state index is -1.27. The van der Waals surface area contributed by atoms with Crippen molar-refractivity contribution in [2.45, 2.75) is 72.1 Å². The van der Waals surface area contributed by atoms with E-state index in [2.05, 4.69) is 16.7 Å². The van der Waals surface area contributed by atoms with Crippen LogP contribution in [0.2, 0.25) is 0 Å². The van der Waals surface area contributed by atoms with Crippen LogP contribution in [0.1, 0.15) is 61.9 Å². The van der Waals surface area contributed by atoms with Gasteiger partial charge < -0.3 is 21.1 Å². The van der Waals surface area contributed by atoms with Crippen LogP contribution in [0.25, 0.3) is 0 Å². The summed E-state index contributed by atoms with van der Waals surface area (Å²) in [4.78, 5) is 52.4. The molecule has 9 nitrogen and oxygen atoms in total. The van der Waals surface area contributed by atoms with Crippen LogP contribution in [0, 0.1) is 33.2 Å². The van der Waals surface area contributed by atoms with Crippen molar-refractivity contribution in [3.63, 3.8) is 0 Å². The van der Waals surface area contributed by atoms with E-state index < -0.39 is 41.5 Å². The van der Waals surface area contributed by atoms with E-state index in [0.717, 1.165) is 21.6 Å². The van der Waals surface area contributed by atoms with Gasteiger partial charge >= 0.3 is 6.09 Å². The number of para-hydroxylation sites is 1. The van der Waals surface area contributed by atoms with Crippen molar-refractivity contribution in [2.75, 3.05) is 5.32 Å². The summed E-state index contributed by atoms with van der Waals surface area (Å²) in [5, 5.41) is 5.34. The molecule has 0 bridgehead atoms. The monoisotopic (exact) mass is 520 g/mol. The highest BCUT2D eigenvalue weighted by atomic mass is 16.6. The fraction of sp³-hybridized carbons (Fsp3) is 0.379. The van der Waals surface area contributed by atoms with Crippen molar-refractivity contribution in [1.82, 2.24) is 10.2 Å². The second-order valence-corrected chi connectivity index (χ2v) is 10.1. The molecule has 4 amide bonds. The van der Waals surface area contributed by atoms with Gasteiger partial charge in [0.2, 0.25) is 5.91 Å². The van der Waals surface area contributed by atoms with Gasteiger partial charge in [-0.25, -0.2) is 4.79 Å². The van der Waals surface area contributed by atoms with Gasteiger partial charge in [0.15, 0.2) is 0 Å². The molecule has 2 unspecified atom stereocenters. The summed E-state index contributed by atoms with van der Waals surface area (Å²) in [6, 6.07) is 12.4. The summed E-state index contributed by atoms with van der Waals surface area (Å²) in [5.41, 5.74) is 8.24. The lowest BCUT2D eigenvalue weighted by Gasteiger charge is -2.30. The van der Waals surface area contributed by atoms with E-state index in [-0.39, 0.29) is 12.8 Å². The number of benzene rings is 2. The van der Waals surface area contributed by atoms with Crippen LogP contribution in [-0.4, -0.2) is 40.4 Å². The third-order valence-electron chi connectivity index (χ3n) is 5.80. The Balaban J connectivity index is 2.51. The van der Waals surface area contributed by atoms with Gasteiger partial charge in [0.05, 0.1) is 0 Å². The second kappa shape index (κ2) is 12.8. The molecule has 202 valence electrons. The molecule has 0 aliphatic carbocycles. The summed E-state index contributed by atoms with van der Waals surface area (Å²) in [6.07, 6.45) is 4.60. The van der Waals surface area contributed by atoms with Crippen molar-refractivity contribution >= 4 is 29.5 Å². The third kappa shape index (κ3) is 8.37. The fourth-order valence-corrected chi connectivity index (χ4v) is 3.69. The third-order valence-corrected chi connectivity index (χ3v) is 5.80. The highest BCUT2D eigenvalue weighted by Gasteiger charge is 2.36. The summed E-state index contributed by atoms with van der Waals surface area (Å²) >= 11 is 0. The minimum absolute atomic E-state index is 0.134. The molecule has 2 rings (SSSR count). The Labute approximate surface area is 224 Å². The summed E-state index contributed by atoms with van der Waals surface area (Å²) < 4.78 is 5.28. The van der Waals surface area contributed by atoms with Gasteiger partial charge in [-0.15, -0.1) is 0 Å². The van der Waals surface area contributed by atoms with Gasteiger partial charge in [0.1, 0.15) is 17.7 Å². The second-order valence-electron chi connectivity index (χ2n) is 10.1. The van der Waals surface area contributed by atoms with Gasteiger partial charge in [0.25, 0.3) is 11.8 Å². The number of alkyl carbamates (subject to hydrolysis) is 1. The van der Waals surface area contributed by atoms with E-state index in [4.69, 9.17) is 16.9 Å². The number of ether oxygens (including phenoxy) is 1. The van der Waals surface area contributed by atoms with Crippen molar-refractivity contribution in [3.8, 4) is 12.5 Å². The molecule has 0 radical (unpaired) electrons. The van der Waals surface area contributed by atoms with E-state index >= 15 is 0 Å². The Hall–Kier alpha value is -4.32. The highest BCUT2D eigenvalue weighted by Crippen LogP contribution is 2.27. The predicted molar refractivity (Wildman–Crippen MR) is 146 cm³/mol. The molecule has 0 aromatic heterocycles. The molecule has 0 fully saturated rings. The number of carbonyl (C=O) groups is 4. The number of primary amides is 1. The van der Waals surface area contributed by atoms with Gasteiger partial charge in [0, 0.05) is 18.2 Å². The van der Waals surface area contributed by atoms with Crippen LogP contribution < -0.4 is 16.4 Å². The zero-order chi connectivity index (χ0) is 28.6. The number of hydrogen-bond donors (Lipinski definition) is 3. The Morgan fingerprint density at radius 1 is 1.03 bits per heavy atom. The maximum atomic E-state index is 13.8. The van der Waals surface area contributed by atoms with Crippen molar-refractivity contribution < 1.29 is 23.9 Å². The number of anilines is 1. The zero-order valence-corrected chi connectivity index (χ0v) is 22.8. The molecule has 2 aromatic carbocycles. The first-order chi connectivity index (χ1) is 17.7. The average Bonchev–Trinajstić information content (AvgIpc) is 2.81. The molecule has 2 aromatic rings. The number of nitrogens with one attached hydrogen (secondary N) is 2. The van der Waals surface area contributed by atoms with E-state index in [0.29, 0.717) is 11.3 Å². The van der Waals surface area contributed by atoms with Crippen molar-refractivity contribution in [3.05, 3.63) is 64.7 Å². The van der Waals surface area contributed by atoms with Crippen LogP contribution in [0.3, 0.4) is 0 Å². The average molecular weight is 521 g/mol. The summed E-state index contributed by atoms with van der Waals surface area (Å²) in [5.74, 6) is -1.97. The molecule has 2 atom stereocenters. The molecule has 0 spiro atoms. The number of terminal acetylenes is 1. The molecule has 0 saturated carbocycles. The molecule has 0 aliphatic heterocycles. The van der Waals surface area contributed by atoms with Crippen LogP contribution >= 0.6 is 0 Å². The van der Waals surface area contributed by atoms with Crippen LogP contribution in [-0.2, 0) is 19.1 Å². The van der Waals surface area contributed by atoms with Crippen molar-refractivity contribution in [1.29, 1.82) is 0 Å². The quantitative estimate of drug-likeness (QED) is 0.341. The smallest absolute Gasteiger partial charge is 0.408 e. The molecular formula is C29H36N4O5. The lowest BCUT2D eigenvalue weighted by Crippen LogP contribution is -2.51. The maximum absolute atomic E-state index is 13.8. The summed E-state index contributed by atoms with van der Waals surface area (Å²) in [7, 11) is 0. The first-order valence-corrected chi connectivity index (χ1v) is 12.2. The Kier molecular flexibility index (Phi) is 10.1. The van der Waals surface area contributed by atoms with Crippen LogP contribution in [0.5, 0.6) is 0 Å². The zero-order valence-electron chi connectivity index (χ0n) is 22.8. The largest absolute Gasteiger partial charge is 0.444 e. The molecule has 38 heavy (non-hydrogen) atoms. The number of amides is 4. The topological polar surface area (TPSA) is 131 Å². The Morgan fingerprint density at radius 2 is 1.68 bits per heavy atom. The Bertz CT molecular complexity index is 1240. The highest BCUT2D eigenvalue weighted by molar-refractivity contribution is 6.00. The lowest BCUT2D eigenvalue weighted by molar-refractivity contribution is -0.137. The van der Waals surface area contributed by atoms with E-state index in [1.807, 2.05) is 39.0 Å². The number of aryl methyl sites for hydroxylation is 3. The van der Waals surface area contributed by atoms with Gasteiger partial charge in [-0.2, -0.15) is 0 Å². The van der Waals surface area contributed by atoms with E-state index in [9.17, 15) is 19.2 Å². The molecule has 0 heterocycles. The van der Waals surface area contributed by atoms with Crippen LogP contribution in [0.4, 0.5) is 10.5 Å². The minimum Gasteiger partial charge on any atom is -0.444 e. The van der Waals surface area contributed by atoms with Gasteiger partial charge in [-0.1, -0.05) is 42.8 Å². The van der Waals surface area contributed by atoms with Gasteiger partial charge in [-0.05, 0) is 76.3 Å². The normalized spacial score (nSPS) is 12.4. The number of rotatable bonds is 9. The molecule has 0 saturated heterocycles. The predicted octanol–water partition coefficient (Wildman–Crippen LogP) is 3.87. The SMILES string of the molecule is C#CN(C(=O)C(CCC(N)=O)NC(=O)OC(C)(C)C)C(C(=O)Nc1ccccc1C)c1ccc(C)c(C)c1. The number of hydrogen-bond acceptors (Lipinski definition) is 5. The number of carbonyl (C=O) groups excluding carboxylic acids is 4. The summed E-state index contributed by atoms with van der Waals surface area (Å²) in [6.45, 7) is 10.7. The van der Waals surface area contributed by atoms with Crippen LogP contribution in [0.15, 0.2) is 42.5 Å². The van der Waals surface area contributed by atoms with E-state index in [1.165, 1.54) is 0 Å².